The topological polar surface area (TPSA) is 72.4 Å². The van der Waals surface area contributed by atoms with Gasteiger partial charge in [-0.25, -0.2) is 8.42 Å². The highest BCUT2D eigenvalue weighted by Crippen LogP contribution is 2.34. The lowest BCUT2D eigenvalue weighted by Gasteiger charge is -2.30. The Morgan fingerprint density at radius 1 is 1.10 bits per heavy atom. The van der Waals surface area contributed by atoms with Gasteiger partial charge in [0.15, 0.2) is 0 Å². The molecular weight excluding hydrogens is 430 g/mol. The van der Waals surface area contributed by atoms with Crippen molar-refractivity contribution >= 4 is 33.0 Å². The minimum Gasteiger partial charge on any atom is -0.497 e. The Hall–Kier alpha value is -2.00. The Labute approximate surface area is 179 Å². The third kappa shape index (κ3) is 4.30. The van der Waals surface area contributed by atoms with E-state index in [4.69, 9.17) is 16.3 Å². The minimum atomic E-state index is -3.56. The molecule has 1 saturated heterocycles. The molecule has 0 aliphatic carbocycles. The Bertz CT molecular complexity index is 1080. The van der Waals surface area contributed by atoms with Gasteiger partial charge in [-0.1, -0.05) is 22.9 Å². The van der Waals surface area contributed by atoms with Crippen molar-refractivity contribution in [3.05, 3.63) is 58.6 Å². The number of benzene rings is 2. The van der Waals surface area contributed by atoms with Crippen LogP contribution < -0.4 is 4.74 Å². The molecule has 1 unspecified atom stereocenters. The van der Waals surface area contributed by atoms with E-state index >= 15 is 0 Å². The van der Waals surface area contributed by atoms with Crippen molar-refractivity contribution in [3.63, 3.8) is 0 Å². The average Bonchev–Trinajstić information content (AvgIpc) is 3.24. The lowest BCUT2D eigenvalue weighted by molar-refractivity contribution is 0.314. The highest BCUT2D eigenvalue weighted by Gasteiger charge is 2.32. The van der Waals surface area contributed by atoms with Gasteiger partial charge in [-0.15, -0.1) is 10.2 Å². The van der Waals surface area contributed by atoms with E-state index in [0.29, 0.717) is 18.1 Å². The summed E-state index contributed by atoms with van der Waals surface area (Å²) >= 11 is 7.41. The summed E-state index contributed by atoms with van der Waals surface area (Å²) in [4.78, 5) is 0.263. The molecule has 2 heterocycles. The first-order valence-corrected chi connectivity index (χ1v) is 11.8. The van der Waals surface area contributed by atoms with Crippen LogP contribution in [0.15, 0.2) is 53.4 Å². The van der Waals surface area contributed by atoms with E-state index in [9.17, 15) is 8.42 Å². The van der Waals surface area contributed by atoms with Gasteiger partial charge in [0, 0.05) is 29.6 Å². The fourth-order valence-electron chi connectivity index (χ4n) is 3.37. The molecule has 9 heteroatoms. The van der Waals surface area contributed by atoms with Gasteiger partial charge in [0.05, 0.1) is 12.0 Å². The van der Waals surface area contributed by atoms with Gasteiger partial charge in [-0.2, -0.15) is 4.31 Å². The maximum absolute atomic E-state index is 13.0. The number of nitrogens with zero attached hydrogens (tertiary/aromatic N) is 3. The summed E-state index contributed by atoms with van der Waals surface area (Å²) in [7, 11) is -1.93. The molecule has 0 spiro atoms. The predicted octanol–water partition coefficient (Wildman–Crippen LogP) is 4.44. The van der Waals surface area contributed by atoms with E-state index in [1.165, 1.54) is 11.3 Å². The van der Waals surface area contributed by atoms with Crippen LogP contribution in [0.2, 0.25) is 5.02 Å². The van der Waals surface area contributed by atoms with Crippen LogP contribution in [0.3, 0.4) is 0 Å². The first-order valence-electron chi connectivity index (χ1n) is 9.21. The van der Waals surface area contributed by atoms with Crippen LogP contribution in [-0.2, 0) is 10.0 Å². The smallest absolute Gasteiger partial charge is 0.243 e. The number of piperidine rings is 1. The third-order valence-electron chi connectivity index (χ3n) is 4.96. The highest BCUT2D eigenvalue weighted by atomic mass is 35.5. The summed E-state index contributed by atoms with van der Waals surface area (Å²) < 4.78 is 32.7. The van der Waals surface area contributed by atoms with E-state index in [0.717, 1.165) is 34.2 Å². The number of hydrogen-bond acceptors (Lipinski definition) is 6. The molecule has 152 valence electrons. The first kappa shape index (κ1) is 20.3. The molecule has 2 aromatic carbocycles. The standard InChI is InChI=1S/C20H20ClN3O3S2/c1-27-17-8-4-14(5-9-17)19-22-23-20(28-19)15-3-2-12-24(13-15)29(25,26)18-10-6-16(21)7-11-18/h4-11,15H,2-3,12-13H2,1H3. The predicted molar refractivity (Wildman–Crippen MR) is 114 cm³/mol. The molecular formula is C20H20ClN3O3S2. The van der Waals surface area contributed by atoms with Crippen LogP contribution in [0.5, 0.6) is 5.75 Å². The number of rotatable bonds is 5. The maximum atomic E-state index is 13.0. The molecule has 1 aliphatic heterocycles. The molecule has 0 bridgehead atoms. The van der Waals surface area contributed by atoms with E-state index < -0.39 is 10.0 Å². The number of sulfonamides is 1. The van der Waals surface area contributed by atoms with Crippen molar-refractivity contribution in [2.24, 2.45) is 0 Å². The zero-order valence-electron chi connectivity index (χ0n) is 15.8. The number of hydrogen-bond donors (Lipinski definition) is 0. The highest BCUT2D eigenvalue weighted by molar-refractivity contribution is 7.89. The van der Waals surface area contributed by atoms with Crippen molar-refractivity contribution < 1.29 is 13.2 Å². The largest absolute Gasteiger partial charge is 0.497 e. The molecule has 1 aliphatic rings. The summed E-state index contributed by atoms with van der Waals surface area (Å²) in [5.74, 6) is 0.823. The Kier molecular flexibility index (Phi) is 5.87. The monoisotopic (exact) mass is 449 g/mol. The molecule has 0 radical (unpaired) electrons. The van der Waals surface area contributed by atoms with Gasteiger partial charge in [0.1, 0.15) is 15.8 Å². The van der Waals surface area contributed by atoms with Crippen molar-refractivity contribution in [2.75, 3.05) is 20.2 Å². The molecule has 1 aromatic heterocycles. The van der Waals surface area contributed by atoms with Crippen molar-refractivity contribution in [1.82, 2.24) is 14.5 Å². The summed E-state index contributed by atoms with van der Waals surface area (Å²) in [6.45, 7) is 0.911. The molecule has 29 heavy (non-hydrogen) atoms. The van der Waals surface area contributed by atoms with Crippen LogP contribution in [0.1, 0.15) is 23.8 Å². The average molecular weight is 450 g/mol. The van der Waals surface area contributed by atoms with Crippen LogP contribution >= 0.6 is 22.9 Å². The van der Waals surface area contributed by atoms with Gasteiger partial charge in [-0.05, 0) is 61.4 Å². The van der Waals surface area contributed by atoms with Crippen LogP contribution in [-0.4, -0.2) is 43.1 Å². The quantitative estimate of drug-likeness (QED) is 0.576. The lowest BCUT2D eigenvalue weighted by Crippen LogP contribution is -2.39. The number of ether oxygens (including phenoxy) is 1. The summed E-state index contributed by atoms with van der Waals surface area (Å²) in [5.41, 5.74) is 0.969. The van der Waals surface area contributed by atoms with Gasteiger partial charge in [0.2, 0.25) is 10.0 Å². The second-order valence-electron chi connectivity index (χ2n) is 6.83. The number of halogens is 1. The van der Waals surface area contributed by atoms with E-state index in [1.54, 1.807) is 35.7 Å². The second-order valence-corrected chi connectivity index (χ2v) is 10.2. The molecule has 1 fully saturated rings. The molecule has 0 amide bonds. The summed E-state index contributed by atoms with van der Waals surface area (Å²) in [6, 6.07) is 14.0. The third-order valence-corrected chi connectivity index (χ3v) is 8.23. The van der Waals surface area contributed by atoms with Crippen LogP contribution in [0, 0.1) is 0 Å². The van der Waals surface area contributed by atoms with Crippen molar-refractivity contribution in [3.8, 4) is 16.3 Å². The van der Waals surface area contributed by atoms with Gasteiger partial charge >= 0.3 is 0 Å². The van der Waals surface area contributed by atoms with E-state index in [1.807, 2.05) is 24.3 Å². The molecule has 4 rings (SSSR count). The summed E-state index contributed by atoms with van der Waals surface area (Å²) in [5, 5.41) is 10.9. The molecule has 1 atom stereocenters. The second kappa shape index (κ2) is 8.39. The number of methoxy groups -OCH3 is 1. The van der Waals surface area contributed by atoms with Crippen LogP contribution in [0.4, 0.5) is 0 Å². The van der Waals surface area contributed by atoms with Crippen LogP contribution in [0.25, 0.3) is 10.6 Å². The Morgan fingerprint density at radius 2 is 1.83 bits per heavy atom. The van der Waals surface area contributed by atoms with Gasteiger partial charge in [0.25, 0.3) is 0 Å². The van der Waals surface area contributed by atoms with Crippen molar-refractivity contribution in [2.45, 2.75) is 23.7 Å². The lowest BCUT2D eigenvalue weighted by atomic mass is 10.0. The van der Waals surface area contributed by atoms with Gasteiger partial charge in [-0.3, -0.25) is 0 Å². The van der Waals surface area contributed by atoms with E-state index in [2.05, 4.69) is 10.2 Å². The maximum Gasteiger partial charge on any atom is 0.243 e. The molecule has 6 nitrogen and oxygen atoms in total. The molecule has 3 aromatic rings. The molecule has 0 N–H and O–H groups in total. The normalized spacial score (nSPS) is 17.9. The fourth-order valence-corrected chi connectivity index (χ4v) is 5.99. The SMILES string of the molecule is COc1ccc(-c2nnc(C3CCCN(S(=O)(=O)c4ccc(Cl)cc4)C3)s2)cc1. The van der Waals surface area contributed by atoms with E-state index in [-0.39, 0.29) is 10.8 Å². The zero-order valence-corrected chi connectivity index (χ0v) is 18.2. The molecule has 0 saturated carbocycles. The summed E-state index contributed by atoms with van der Waals surface area (Å²) in [6.07, 6.45) is 1.68. The Balaban J connectivity index is 1.52. The van der Waals surface area contributed by atoms with Crippen molar-refractivity contribution in [1.29, 1.82) is 0 Å². The number of aromatic nitrogens is 2. The van der Waals surface area contributed by atoms with Gasteiger partial charge < -0.3 is 4.74 Å². The fraction of sp³-hybridized carbons (Fsp3) is 0.300. The first-order chi connectivity index (χ1) is 14.0. The Morgan fingerprint density at radius 3 is 2.52 bits per heavy atom. The zero-order chi connectivity index (χ0) is 20.4. The minimum absolute atomic E-state index is 0.0373.